The average molecular weight is 180 g/mol. The summed E-state index contributed by atoms with van der Waals surface area (Å²) in [6, 6.07) is 0. The Hall–Kier alpha value is -0.0400. The van der Waals surface area contributed by atoms with Crippen molar-refractivity contribution >= 4 is 0 Å². The van der Waals surface area contributed by atoms with Gasteiger partial charge in [-0.1, -0.05) is 6.92 Å². The van der Waals surface area contributed by atoms with Crippen molar-refractivity contribution in [2.24, 2.45) is 11.8 Å². The first-order chi connectivity index (χ1) is 6.13. The molecule has 2 aliphatic heterocycles. The van der Waals surface area contributed by atoms with E-state index in [-0.39, 0.29) is 5.60 Å². The van der Waals surface area contributed by atoms with Gasteiger partial charge in [-0.2, -0.15) is 0 Å². The maximum Gasteiger partial charge on any atom is 0.0692 e. The van der Waals surface area contributed by atoms with Crippen molar-refractivity contribution in [2.45, 2.75) is 63.6 Å². The summed E-state index contributed by atoms with van der Waals surface area (Å²) in [6.45, 7) is 4.64. The Morgan fingerprint density at radius 3 is 2.23 bits per heavy atom. The normalized spacial score (nSPS) is 58.6. The third-order valence-electron chi connectivity index (χ3n) is 4.54. The van der Waals surface area contributed by atoms with E-state index < -0.39 is 0 Å². The number of hydrogen-bond acceptors (Lipinski definition) is 1. The summed E-state index contributed by atoms with van der Waals surface area (Å²) in [5.74, 6) is 1.98. The van der Waals surface area contributed by atoms with Crippen LogP contribution in [0, 0.1) is 11.8 Å². The molecule has 2 saturated carbocycles. The third-order valence-corrected chi connectivity index (χ3v) is 4.54. The lowest BCUT2D eigenvalue weighted by atomic mass is 9.58. The van der Waals surface area contributed by atoms with Gasteiger partial charge in [-0.15, -0.1) is 0 Å². The molecule has 1 heteroatoms. The van der Waals surface area contributed by atoms with Gasteiger partial charge in [0.1, 0.15) is 0 Å². The van der Waals surface area contributed by atoms with E-state index in [0.29, 0.717) is 5.60 Å². The minimum atomic E-state index is 0.264. The highest BCUT2D eigenvalue weighted by Gasteiger charge is 2.55. The van der Waals surface area contributed by atoms with Crippen molar-refractivity contribution in [2.75, 3.05) is 0 Å². The zero-order chi connectivity index (χ0) is 9.10. The summed E-state index contributed by atoms with van der Waals surface area (Å²) in [4.78, 5) is 0. The topological polar surface area (TPSA) is 9.23 Å². The van der Waals surface area contributed by atoms with Crippen LogP contribution in [0.25, 0.3) is 0 Å². The summed E-state index contributed by atoms with van der Waals surface area (Å²) < 4.78 is 6.35. The zero-order valence-corrected chi connectivity index (χ0v) is 8.81. The lowest BCUT2D eigenvalue weighted by molar-refractivity contribution is -0.267. The van der Waals surface area contributed by atoms with E-state index in [1.807, 2.05) is 0 Å². The first kappa shape index (κ1) is 8.28. The van der Waals surface area contributed by atoms with Gasteiger partial charge >= 0.3 is 0 Å². The summed E-state index contributed by atoms with van der Waals surface area (Å²) in [5.41, 5.74) is 0.568. The molecule has 74 valence electrons. The number of ether oxygens (including phenoxy) is 1. The molecule has 4 rings (SSSR count). The fourth-order valence-electron chi connectivity index (χ4n) is 4.44. The second-order valence-electron chi connectivity index (χ2n) is 5.87. The lowest BCUT2D eigenvalue weighted by Crippen LogP contribution is -2.59. The predicted octanol–water partition coefficient (Wildman–Crippen LogP) is 3.13. The Balaban J connectivity index is 1.95. The standard InChI is InChI=1S/C12H20O/c1-3-12-7-9-4-10(8-12)6-11(2,5-9)13-12/h9-10H,3-8H2,1-2H3. The van der Waals surface area contributed by atoms with Crippen molar-refractivity contribution < 1.29 is 4.74 Å². The van der Waals surface area contributed by atoms with Gasteiger partial charge in [0.25, 0.3) is 0 Å². The number of rotatable bonds is 1. The molecule has 2 unspecified atom stereocenters. The van der Waals surface area contributed by atoms with Gasteiger partial charge in [0.15, 0.2) is 0 Å². The van der Waals surface area contributed by atoms with Crippen molar-refractivity contribution in [3.05, 3.63) is 0 Å². The Morgan fingerprint density at radius 2 is 1.77 bits per heavy atom. The van der Waals surface area contributed by atoms with Crippen LogP contribution in [0.5, 0.6) is 0 Å². The second-order valence-corrected chi connectivity index (χ2v) is 5.87. The molecule has 2 aliphatic carbocycles. The van der Waals surface area contributed by atoms with E-state index in [0.717, 1.165) is 11.8 Å². The molecular weight excluding hydrogens is 160 g/mol. The highest BCUT2D eigenvalue weighted by atomic mass is 16.5. The van der Waals surface area contributed by atoms with E-state index in [2.05, 4.69) is 13.8 Å². The van der Waals surface area contributed by atoms with Crippen LogP contribution in [0.15, 0.2) is 0 Å². The van der Waals surface area contributed by atoms with Crippen LogP contribution in [0.1, 0.15) is 52.4 Å². The van der Waals surface area contributed by atoms with Crippen molar-refractivity contribution in [3.8, 4) is 0 Å². The van der Waals surface area contributed by atoms with Gasteiger partial charge < -0.3 is 4.74 Å². The van der Waals surface area contributed by atoms with Gasteiger partial charge in [-0.25, -0.2) is 0 Å². The van der Waals surface area contributed by atoms with E-state index >= 15 is 0 Å². The van der Waals surface area contributed by atoms with Gasteiger partial charge in [0, 0.05) is 0 Å². The summed E-state index contributed by atoms with van der Waals surface area (Å²) in [5, 5.41) is 0. The fraction of sp³-hybridized carbons (Fsp3) is 1.00. The molecule has 13 heavy (non-hydrogen) atoms. The predicted molar refractivity (Wildman–Crippen MR) is 52.6 cm³/mol. The summed E-state index contributed by atoms with van der Waals surface area (Å²) in [7, 11) is 0. The summed E-state index contributed by atoms with van der Waals surface area (Å²) in [6.07, 6.45) is 8.12. The maximum absolute atomic E-state index is 6.35. The van der Waals surface area contributed by atoms with Gasteiger partial charge in [-0.3, -0.25) is 0 Å². The first-order valence-corrected chi connectivity index (χ1v) is 5.83. The van der Waals surface area contributed by atoms with Crippen molar-refractivity contribution in [3.63, 3.8) is 0 Å². The molecule has 4 bridgehead atoms. The minimum Gasteiger partial charge on any atom is -0.369 e. The van der Waals surface area contributed by atoms with Crippen LogP contribution in [0.2, 0.25) is 0 Å². The van der Waals surface area contributed by atoms with Crippen LogP contribution in [-0.2, 0) is 4.74 Å². The smallest absolute Gasteiger partial charge is 0.0692 e. The molecule has 0 spiro atoms. The maximum atomic E-state index is 6.35. The summed E-state index contributed by atoms with van der Waals surface area (Å²) >= 11 is 0. The molecule has 0 aromatic heterocycles. The molecule has 1 nitrogen and oxygen atoms in total. The van der Waals surface area contributed by atoms with E-state index in [1.54, 1.807) is 0 Å². The Kier molecular flexibility index (Phi) is 1.47. The zero-order valence-electron chi connectivity index (χ0n) is 8.81. The van der Waals surface area contributed by atoms with Crippen molar-refractivity contribution in [1.82, 2.24) is 0 Å². The molecular formula is C12H20O. The lowest BCUT2D eigenvalue weighted by Gasteiger charge is -2.61. The van der Waals surface area contributed by atoms with Crippen LogP contribution >= 0.6 is 0 Å². The molecule has 0 aromatic rings. The van der Waals surface area contributed by atoms with Crippen LogP contribution in [0.3, 0.4) is 0 Å². The van der Waals surface area contributed by atoms with E-state index in [9.17, 15) is 0 Å². The van der Waals surface area contributed by atoms with Crippen LogP contribution in [-0.4, -0.2) is 11.2 Å². The molecule has 4 fully saturated rings. The molecule has 0 amide bonds. The molecule has 2 atom stereocenters. The fourth-order valence-corrected chi connectivity index (χ4v) is 4.44. The van der Waals surface area contributed by atoms with E-state index in [1.165, 1.54) is 38.5 Å². The average Bonchev–Trinajstić information content (AvgIpc) is 1.99. The third kappa shape index (κ3) is 1.09. The highest BCUT2D eigenvalue weighted by molar-refractivity contribution is 5.05. The van der Waals surface area contributed by atoms with Gasteiger partial charge in [-0.05, 0) is 57.3 Å². The Labute approximate surface area is 80.8 Å². The SMILES string of the molecule is CCC12CC3CC(CC(C)(C3)O1)C2. The van der Waals surface area contributed by atoms with Crippen LogP contribution < -0.4 is 0 Å². The van der Waals surface area contributed by atoms with Gasteiger partial charge in [0.2, 0.25) is 0 Å². The van der Waals surface area contributed by atoms with Gasteiger partial charge in [0.05, 0.1) is 11.2 Å². The minimum absolute atomic E-state index is 0.264. The number of hydrogen-bond donors (Lipinski definition) is 0. The van der Waals surface area contributed by atoms with Crippen molar-refractivity contribution in [1.29, 1.82) is 0 Å². The Bertz CT molecular complexity index is 219. The molecule has 0 radical (unpaired) electrons. The highest BCUT2D eigenvalue weighted by Crippen LogP contribution is 2.58. The monoisotopic (exact) mass is 180 g/mol. The van der Waals surface area contributed by atoms with E-state index in [4.69, 9.17) is 4.74 Å². The Morgan fingerprint density at radius 1 is 1.15 bits per heavy atom. The largest absolute Gasteiger partial charge is 0.369 e. The molecule has 4 aliphatic rings. The molecule has 0 aromatic carbocycles. The molecule has 0 N–H and O–H groups in total. The molecule has 2 heterocycles. The second kappa shape index (κ2) is 2.31. The van der Waals surface area contributed by atoms with Crippen LogP contribution in [0.4, 0.5) is 0 Å². The first-order valence-electron chi connectivity index (χ1n) is 5.83. The quantitative estimate of drug-likeness (QED) is 0.602. The molecule has 2 saturated heterocycles.